The largest absolute Gasteiger partial charge is 0.493 e. The zero-order valence-corrected chi connectivity index (χ0v) is 13.4. The molecular weight excluding hydrogens is 302 g/mol. The fourth-order valence-electron chi connectivity index (χ4n) is 1.88. The second-order valence-electron chi connectivity index (χ2n) is 4.43. The van der Waals surface area contributed by atoms with E-state index in [4.69, 9.17) is 15.2 Å². The van der Waals surface area contributed by atoms with Crippen molar-refractivity contribution in [3.8, 4) is 11.5 Å². The monoisotopic (exact) mass is 321 g/mol. The maximum Gasteiger partial charge on any atom is 0.271 e. The van der Waals surface area contributed by atoms with Gasteiger partial charge in [0.1, 0.15) is 10.7 Å². The highest BCUT2D eigenvalue weighted by Gasteiger charge is 2.11. The molecule has 118 valence electrons. The van der Waals surface area contributed by atoms with Crippen LogP contribution in [0.5, 0.6) is 11.5 Å². The molecule has 1 aromatic heterocycles. The summed E-state index contributed by atoms with van der Waals surface area (Å²) in [4.78, 5) is 16.2. The molecule has 0 radical (unpaired) electrons. The Morgan fingerprint density at radius 1 is 1.41 bits per heavy atom. The minimum Gasteiger partial charge on any atom is -0.493 e. The Kier molecular flexibility index (Phi) is 5.74. The van der Waals surface area contributed by atoms with E-state index >= 15 is 0 Å². The highest BCUT2D eigenvalue weighted by atomic mass is 32.1. The third kappa shape index (κ3) is 3.96. The predicted molar refractivity (Wildman–Crippen MR) is 85.3 cm³/mol. The number of amides is 1. The lowest BCUT2D eigenvalue weighted by Crippen LogP contribution is -2.23. The minimum absolute atomic E-state index is 0.219. The number of nitrogens with zero attached hydrogens (tertiary/aromatic N) is 1. The normalized spacial score (nSPS) is 10.3. The molecule has 0 spiro atoms. The number of hydrogen-bond acceptors (Lipinski definition) is 6. The van der Waals surface area contributed by atoms with Crippen molar-refractivity contribution in [2.75, 3.05) is 13.7 Å². The number of aromatic nitrogens is 1. The van der Waals surface area contributed by atoms with E-state index in [1.807, 2.05) is 25.1 Å². The summed E-state index contributed by atoms with van der Waals surface area (Å²) in [5, 5.41) is 5.27. The molecule has 0 saturated heterocycles. The van der Waals surface area contributed by atoms with Crippen molar-refractivity contribution < 1.29 is 14.3 Å². The van der Waals surface area contributed by atoms with E-state index < -0.39 is 0 Å². The SMILES string of the molecule is CCOc1ccc(CNC(=O)c2csc(CN)n2)cc1OC. The van der Waals surface area contributed by atoms with Gasteiger partial charge in [0.15, 0.2) is 11.5 Å². The molecule has 0 aliphatic heterocycles. The van der Waals surface area contributed by atoms with Gasteiger partial charge in [0.25, 0.3) is 5.91 Å². The molecule has 0 unspecified atom stereocenters. The quantitative estimate of drug-likeness (QED) is 0.814. The fraction of sp³-hybridized carbons (Fsp3) is 0.333. The maximum atomic E-state index is 12.0. The average Bonchev–Trinajstić information content (AvgIpc) is 3.03. The molecule has 0 saturated carbocycles. The van der Waals surface area contributed by atoms with Crippen LogP contribution in [0.1, 0.15) is 28.0 Å². The van der Waals surface area contributed by atoms with E-state index in [-0.39, 0.29) is 5.91 Å². The van der Waals surface area contributed by atoms with Gasteiger partial charge in [-0.25, -0.2) is 4.98 Å². The summed E-state index contributed by atoms with van der Waals surface area (Å²) in [5.41, 5.74) is 6.80. The standard InChI is InChI=1S/C15H19N3O3S/c1-3-21-12-5-4-10(6-13(12)20-2)8-17-15(19)11-9-22-14(7-16)18-11/h4-6,9H,3,7-8,16H2,1-2H3,(H,17,19). The molecule has 22 heavy (non-hydrogen) atoms. The van der Waals surface area contributed by atoms with Crippen molar-refractivity contribution in [3.63, 3.8) is 0 Å². The Morgan fingerprint density at radius 3 is 2.86 bits per heavy atom. The van der Waals surface area contributed by atoms with Crippen molar-refractivity contribution in [3.05, 3.63) is 39.8 Å². The Morgan fingerprint density at radius 2 is 2.23 bits per heavy atom. The fourth-order valence-corrected chi connectivity index (χ4v) is 2.53. The summed E-state index contributed by atoms with van der Waals surface area (Å²) in [5.74, 6) is 1.11. The second-order valence-corrected chi connectivity index (χ2v) is 5.37. The number of hydrogen-bond donors (Lipinski definition) is 2. The summed E-state index contributed by atoms with van der Waals surface area (Å²) in [6.45, 7) is 3.21. The van der Waals surface area contributed by atoms with Crippen LogP contribution in [0, 0.1) is 0 Å². The van der Waals surface area contributed by atoms with Crippen molar-refractivity contribution in [1.82, 2.24) is 10.3 Å². The molecule has 2 aromatic rings. The van der Waals surface area contributed by atoms with Gasteiger partial charge < -0.3 is 20.5 Å². The number of carbonyl (C=O) groups is 1. The van der Waals surface area contributed by atoms with Crippen LogP contribution in [0.15, 0.2) is 23.6 Å². The van der Waals surface area contributed by atoms with Crippen LogP contribution >= 0.6 is 11.3 Å². The van der Waals surface area contributed by atoms with Gasteiger partial charge in [-0.05, 0) is 24.6 Å². The third-order valence-electron chi connectivity index (χ3n) is 2.94. The molecule has 0 aliphatic carbocycles. The number of rotatable bonds is 7. The zero-order chi connectivity index (χ0) is 15.9. The van der Waals surface area contributed by atoms with Crippen molar-refractivity contribution in [2.24, 2.45) is 5.73 Å². The average molecular weight is 321 g/mol. The first kappa shape index (κ1) is 16.3. The molecule has 1 amide bonds. The lowest BCUT2D eigenvalue weighted by atomic mass is 10.2. The highest BCUT2D eigenvalue weighted by Crippen LogP contribution is 2.27. The third-order valence-corrected chi connectivity index (χ3v) is 3.81. The van der Waals surface area contributed by atoms with E-state index in [9.17, 15) is 4.79 Å². The highest BCUT2D eigenvalue weighted by molar-refractivity contribution is 7.09. The predicted octanol–water partition coefficient (Wildman–Crippen LogP) is 1.94. The van der Waals surface area contributed by atoms with Gasteiger partial charge in [0.2, 0.25) is 0 Å². The van der Waals surface area contributed by atoms with Gasteiger partial charge in [-0.3, -0.25) is 4.79 Å². The number of nitrogens with one attached hydrogen (secondary N) is 1. The van der Waals surface area contributed by atoms with Gasteiger partial charge in [-0.1, -0.05) is 6.07 Å². The van der Waals surface area contributed by atoms with Gasteiger partial charge >= 0.3 is 0 Å². The zero-order valence-electron chi connectivity index (χ0n) is 12.6. The molecule has 0 bridgehead atoms. The van der Waals surface area contributed by atoms with E-state index in [0.717, 1.165) is 10.6 Å². The van der Waals surface area contributed by atoms with Crippen LogP contribution in [0.25, 0.3) is 0 Å². The Balaban J connectivity index is 2.00. The summed E-state index contributed by atoms with van der Waals surface area (Å²) < 4.78 is 10.7. The molecule has 1 aromatic carbocycles. The first-order valence-corrected chi connectivity index (χ1v) is 7.78. The first-order valence-electron chi connectivity index (χ1n) is 6.90. The van der Waals surface area contributed by atoms with Crippen LogP contribution in [0.4, 0.5) is 0 Å². The lowest BCUT2D eigenvalue weighted by Gasteiger charge is -2.11. The molecule has 0 atom stereocenters. The number of nitrogens with two attached hydrogens (primary N) is 1. The molecule has 1 heterocycles. The summed E-state index contributed by atoms with van der Waals surface area (Å²) in [6.07, 6.45) is 0. The molecule has 0 fully saturated rings. The summed E-state index contributed by atoms with van der Waals surface area (Å²) in [7, 11) is 1.59. The number of methoxy groups -OCH3 is 1. The first-order chi connectivity index (χ1) is 10.7. The maximum absolute atomic E-state index is 12.0. The van der Waals surface area contributed by atoms with E-state index in [1.165, 1.54) is 11.3 Å². The number of carbonyl (C=O) groups excluding carboxylic acids is 1. The van der Waals surface area contributed by atoms with Gasteiger partial charge in [0, 0.05) is 18.5 Å². The molecule has 7 heteroatoms. The number of benzene rings is 1. The van der Waals surface area contributed by atoms with Gasteiger partial charge in [-0.2, -0.15) is 0 Å². The van der Waals surface area contributed by atoms with E-state index in [2.05, 4.69) is 10.3 Å². The van der Waals surface area contributed by atoms with Crippen molar-refractivity contribution in [1.29, 1.82) is 0 Å². The number of ether oxygens (including phenoxy) is 2. The van der Waals surface area contributed by atoms with Crippen LogP contribution in [0.2, 0.25) is 0 Å². The Bertz CT molecular complexity index is 643. The van der Waals surface area contributed by atoms with Crippen molar-refractivity contribution in [2.45, 2.75) is 20.0 Å². The lowest BCUT2D eigenvalue weighted by molar-refractivity contribution is 0.0946. The van der Waals surface area contributed by atoms with Gasteiger partial charge in [0.05, 0.1) is 13.7 Å². The van der Waals surface area contributed by atoms with Gasteiger partial charge in [-0.15, -0.1) is 11.3 Å². The van der Waals surface area contributed by atoms with E-state index in [1.54, 1.807) is 12.5 Å². The van der Waals surface area contributed by atoms with Crippen molar-refractivity contribution >= 4 is 17.2 Å². The van der Waals surface area contributed by atoms with E-state index in [0.29, 0.717) is 36.9 Å². The smallest absolute Gasteiger partial charge is 0.271 e. The minimum atomic E-state index is -0.219. The summed E-state index contributed by atoms with van der Waals surface area (Å²) in [6, 6.07) is 5.57. The van der Waals surface area contributed by atoms with Crippen LogP contribution < -0.4 is 20.5 Å². The Hall–Kier alpha value is -2.12. The topological polar surface area (TPSA) is 86.5 Å². The molecule has 3 N–H and O–H groups in total. The summed E-state index contributed by atoms with van der Waals surface area (Å²) >= 11 is 1.38. The molecular formula is C15H19N3O3S. The van der Waals surface area contributed by atoms with Crippen LogP contribution in [0.3, 0.4) is 0 Å². The molecule has 2 rings (SSSR count). The van der Waals surface area contributed by atoms with Crippen LogP contribution in [-0.4, -0.2) is 24.6 Å². The molecule has 0 aliphatic rings. The number of thiazole rings is 1. The Labute approximate surface area is 133 Å². The van der Waals surface area contributed by atoms with Crippen LogP contribution in [-0.2, 0) is 13.1 Å². The second kappa shape index (κ2) is 7.77. The molecule has 6 nitrogen and oxygen atoms in total.